The van der Waals surface area contributed by atoms with Crippen LogP contribution in [0, 0.1) is 0 Å². The molecule has 2 N–H and O–H groups in total. The fourth-order valence-electron chi connectivity index (χ4n) is 1.95. The number of rotatable bonds is 2. The summed E-state index contributed by atoms with van der Waals surface area (Å²) in [6.45, 7) is 1.50. The summed E-state index contributed by atoms with van der Waals surface area (Å²) >= 11 is 0. The summed E-state index contributed by atoms with van der Waals surface area (Å²) in [6.07, 6.45) is -4.93. The smallest absolute Gasteiger partial charge is 0.405 e. The number of alkyl halides is 3. The summed E-state index contributed by atoms with van der Waals surface area (Å²) in [5, 5.41) is 12.5. The van der Waals surface area contributed by atoms with E-state index in [1.54, 1.807) is 0 Å². The van der Waals surface area contributed by atoms with Crippen molar-refractivity contribution in [2.75, 3.05) is 5.32 Å². The third-order valence-corrected chi connectivity index (χ3v) is 2.80. The maximum Gasteiger partial charge on any atom is 0.573 e. The van der Waals surface area contributed by atoms with Gasteiger partial charge in [-0.25, -0.2) is 0 Å². The fourth-order valence-corrected chi connectivity index (χ4v) is 1.95. The Morgan fingerprint density at radius 1 is 1.44 bits per heavy atom. The molecule has 2 rings (SSSR count). The summed E-state index contributed by atoms with van der Waals surface area (Å²) in [5.74, 6) is -1.32. The van der Waals surface area contributed by atoms with Crippen molar-refractivity contribution in [2.24, 2.45) is 0 Å². The molecule has 0 saturated heterocycles. The van der Waals surface area contributed by atoms with Gasteiger partial charge in [0.1, 0.15) is 5.75 Å². The first kappa shape index (κ1) is 12.7. The molecule has 0 aromatic heterocycles. The molecule has 1 aliphatic heterocycles. The van der Waals surface area contributed by atoms with Crippen LogP contribution in [0.15, 0.2) is 18.2 Å². The molecule has 0 spiro atoms. The van der Waals surface area contributed by atoms with Crippen LogP contribution in [0.25, 0.3) is 0 Å². The van der Waals surface area contributed by atoms with Crippen molar-refractivity contribution >= 4 is 11.6 Å². The van der Waals surface area contributed by atoms with Gasteiger partial charge >= 0.3 is 6.36 Å². The van der Waals surface area contributed by atoms with Crippen molar-refractivity contribution in [3.05, 3.63) is 23.8 Å². The molecule has 1 aromatic rings. The van der Waals surface area contributed by atoms with Gasteiger partial charge in [-0.2, -0.15) is 0 Å². The Morgan fingerprint density at radius 2 is 2.11 bits per heavy atom. The highest BCUT2D eigenvalue weighted by Crippen LogP contribution is 2.45. The number of fused-ring (bicyclic) bond motifs is 1. The van der Waals surface area contributed by atoms with E-state index in [1.165, 1.54) is 19.1 Å². The topological polar surface area (TPSA) is 58.6 Å². The lowest BCUT2D eigenvalue weighted by atomic mass is 9.92. The lowest BCUT2D eigenvalue weighted by Crippen LogP contribution is -2.34. The minimum Gasteiger partial charge on any atom is -0.405 e. The Kier molecular flexibility index (Phi) is 2.73. The van der Waals surface area contributed by atoms with E-state index in [-0.39, 0.29) is 17.7 Å². The molecule has 7 heteroatoms. The number of carbonyl (C=O) groups excluding carboxylic acids is 1. The predicted octanol–water partition coefficient (Wildman–Crippen LogP) is 2.13. The van der Waals surface area contributed by atoms with Crippen LogP contribution < -0.4 is 10.1 Å². The number of nitrogens with one attached hydrogen (secondary N) is 1. The highest BCUT2D eigenvalue weighted by atomic mass is 19.4. The van der Waals surface area contributed by atoms with Crippen LogP contribution in [0.5, 0.6) is 5.75 Å². The Morgan fingerprint density at radius 3 is 2.67 bits per heavy atom. The third kappa shape index (κ3) is 1.90. The zero-order valence-corrected chi connectivity index (χ0v) is 9.34. The number of hydrogen-bond donors (Lipinski definition) is 2. The van der Waals surface area contributed by atoms with Crippen molar-refractivity contribution in [1.82, 2.24) is 0 Å². The Hall–Kier alpha value is -1.76. The van der Waals surface area contributed by atoms with Crippen LogP contribution in [0.4, 0.5) is 18.9 Å². The number of aliphatic hydroxyl groups is 1. The van der Waals surface area contributed by atoms with E-state index in [0.29, 0.717) is 0 Å². The molecule has 0 radical (unpaired) electrons. The predicted molar refractivity (Wildman–Crippen MR) is 55.9 cm³/mol. The standard InChI is InChI=1S/C11H10F3NO3/c1-2-10(17)8-6(15-9(10)16)4-3-5-7(8)18-11(12,13)14/h3-5,17H,2H2,1H3,(H,15,16). The van der Waals surface area contributed by atoms with Gasteiger partial charge in [0.25, 0.3) is 5.91 Å². The van der Waals surface area contributed by atoms with Crippen LogP contribution in [0.2, 0.25) is 0 Å². The molecule has 0 bridgehead atoms. The maximum absolute atomic E-state index is 12.3. The Balaban J connectivity index is 2.54. The minimum absolute atomic E-state index is 0.0515. The lowest BCUT2D eigenvalue weighted by molar-refractivity contribution is -0.275. The highest BCUT2D eigenvalue weighted by Gasteiger charge is 2.47. The van der Waals surface area contributed by atoms with Crippen LogP contribution in [0.3, 0.4) is 0 Å². The van der Waals surface area contributed by atoms with E-state index in [9.17, 15) is 23.1 Å². The second kappa shape index (κ2) is 3.88. The molecule has 1 unspecified atom stereocenters. The first-order chi connectivity index (χ1) is 8.28. The quantitative estimate of drug-likeness (QED) is 0.857. The van der Waals surface area contributed by atoms with E-state index in [4.69, 9.17) is 0 Å². The highest BCUT2D eigenvalue weighted by molar-refractivity contribution is 6.05. The molecule has 0 fully saturated rings. The molecular formula is C11H10F3NO3. The summed E-state index contributed by atoms with van der Waals surface area (Å²) in [7, 11) is 0. The van der Waals surface area contributed by atoms with Crippen molar-refractivity contribution < 1.29 is 27.8 Å². The summed E-state index contributed by atoms with van der Waals surface area (Å²) in [4.78, 5) is 11.6. The normalized spacial score (nSPS) is 22.6. The van der Waals surface area contributed by atoms with Crippen LogP contribution in [-0.2, 0) is 10.4 Å². The van der Waals surface area contributed by atoms with Gasteiger partial charge in [0.05, 0.1) is 11.3 Å². The van der Waals surface area contributed by atoms with E-state index < -0.39 is 23.6 Å². The SMILES string of the molecule is CCC1(O)C(=O)Nc2cccc(OC(F)(F)F)c21. The molecule has 98 valence electrons. The largest absolute Gasteiger partial charge is 0.573 e. The van der Waals surface area contributed by atoms with E-state index in [1.807, 2.05) is 0 Å². The van der Waals surface area contributed by atoms with Gasteiger partial charge in [-0.1, -0.05) is 13.0 Å². The van der Waals surface area contributed by atoms with Gasteiger partial charge in [0, 0.05) is 0 Å². The van der Waals surface area contributed by atoms with Gasteiger partial charge in [-0.05, 0) is 18.6 Å². The number of hydrogen-bond acceptors (Lipinski definition) is 3. The zero-order chi connectivity index (χ0) is 13.6. The summed E-state index contributed by atoms with van der Waals surface area (Å²) < 4.78 is 40.6. The summed E-state index contributed by atoms with van der Waals surface area (Å²) in [6, 6.07) is 3.78. The fraction of sp³-hybridized carbons (Fsp3) is 0.364. The molecule has 4 nitrogen and oxygen atoms in total. The molecular weight excluding hydrogens is 251 g/mol. The van der Waals surface area contributed by atoms with E-state index in [2.05, 4.69) is 10.1 Å². The molecule has 0 aliphatic carbocycles. The average molecular weight is 261 g/mol. The van der Waals surface area contributed by atoms with Crippen LogP contribution >= 0.6 is 0 Å². The number of amides is 1. The zero-order valence-electron chi connectivity index (χ0n) is 9.34. The lowest BCUT2D eigenvalue weighted by Gasteiger charge is -2.21. The molecule has 18 heavy (non-hydrogen) atoms. The van der Waals surface area contributed by atoms with Gasteiger partial charge in [-0.3, -0.25) is 4.79 Å². The first-order valence-electron chi connectivity index (χ1n) is 5.21. The van der Waals surface area contributed by atoms with Crippen LogP contribution in [0.1, 0.15) is 18.9 Å². The molecule has 1 aliphatic rings. The van der Waals surface area contributed by atoms with Crippen molar-refractivity contribution in [1.29, 1.82) is 0 Å². The maximum atomic E-state index is 12.3. The van der Waals surface area contributed by atoms with Crippen LogP contribution in [-0.4, -0.2) is 17.4 Å². The average Bonchev–Trinajstić information content (AvgIpc) is 2.51. The first-order valence-corrected chi connectivity index (χ1v) is 5.21. The second-order valence-corrected chi connectivity index (χ2v) is 3.89. The van der Waals surface area contributed by atoms with Gasteiger partial charge < -0.3 is 15.2 Å². The second-order valence-electron chi connectivity index (χ2n) is 3.89. The number of ether oxygens (including phenoxy) is 1. The van der Waals surface area contributed by atoms with E-state index >= 15 is 0 Å². The molecule has 1 aromatic carbocycles. The third-order valence-electron chi connectivity index (χ3n) is 2.80. The molecule has 1 amide bonds. The van der Waals surface area contributed by atoms with Gasteiger partial charge in [-0.15, -0.1) is 13.2 Å². The van der Waals surface area contributed by atoms with Crippen molar-refractivity contribution in [3.8, 4) is 5.75 Å². The number of halogens is 3. The van der Waals surface area contributed by atoms with Crippen molar-refractivity contribution in [2.45, 2.75) is 25.3 Å². The molecule has 0 saturated carbocycles. The molecule has 1 atom stereocenters. The number of carbonyl (C=O) groups is 1. The van der Waals surface area contributed by atoms with Gasteiger partial charge in [0.15, 0.2) is 5.60 Å². The Labute approximate surface area is 100 Å². The van der Waals surface area contributed by atoms with Crippen molar-refractivity contribution in [3.63, 3.8) is 0 Å². The molecule has 1 heterocycles. The summed E-state index contributed by atoms with van der Waals surface area (Å²) in [5.41, 5.74) is -2.03. The minimum atomic E-state index is -4.88. The monoisotopic (exact) mass is 261 g/mol. The number of anilines is 1. The van der Waals surface area contributed by atoms with E-state index in [0.717, 1.165) is 6.07 Å². The Bertz CT molecular complexity index is 501. The number of benzene rings is 1. The van der Waals surface area contributed by atoms with Gasteiger partial charge in [0.2, 0.25) is 0 Å².